The number of ether oxygens (including phenoxy) is 2. The van der Waals surface area contributed by atoms with E-state index in [4.69, 9.17) is 38.4 Å². The van der Waals surface area contributed by atoms with Gasteiger partial charge in [-0.1, -0.05) is 29.3 Å². The van der Waals surface area contributed by atoms with Gasteiger partial charge in [0.1, 0.15) is 16.5 Å². The van der Waals surface area contributed by atoms with Crippen LogP contribution >= 0.6 is 23.2 Å². The Balaban J connectivity index is 2.19. The Kier molecular flexibility index (Phi) is 5.52. The van der Waals surface area contributed by atoms with Gasteiger partial charge in [-0.25, -0.2) is 0 Å². The van der Waals surface area contributed by atoms with Crippen LogP contribution in [0.5, 0.6) is 11.5 Å². The lowest BCUT2D eigenvalue weighted by Crippen LogP contribution is -2.08. The quantitative estimate of drug-likeness (QED) is 0.644. The van der Waals surface area contributed by atoms with Crippen LogP contribution in [0.4, 0.5) is 5.69 Å². The molecule has 0 aliphatic heterocycles. The molecule has 0 radical (unpaired) electrons. The number of benzene rings is 2. The second-order valence-corrected chi connectivity index (χ2v) is 5.26. The maximum Gasteiger partial charge on any atom is 0.310 e. The smallest absolute Gasteiger partial charge is 0.310 e. The van der Waals surface area contributed by atoms with Gasteiger partial charge in [-0.2, -0.15) is 0 Å². The third kappa shape index (κ3) is 4.06. The molecule has 0 bridgehead atoms. The highest BCUT2D eigenvalue weighted by atomic mass is 35.5. The van der Waals surface area contributed by atoms with E-state index >= 15 is 0 Å². The molecule has 0 unspecified atom stereocenters. The minimum atomic E-state index is -0.354. The number of hydrogen-bond acceptors (Lipinski definition) is 4. The molecule has 2 aromatic rings. The first kappa shape index (κ1) is 16.5. The summed E-state index contributed by atoms with van der Waals surface area (Å²) in [6, 6.07) is 10.3. The predicted molar refractivity (Wildman–Crippen MR) is 87.7 cm³/mol. The second kappa shape index (κ2) is 7.38. The molecule has 0 amide bonds. The molecular weight excluding hydrogens is 325 g/mol. The average molecular weight is 340 g/mol. The molecule has 0 aliphatic rings. The summed E-state index contributed by atoms with van der Waals surface area (Å²) in [6.07, 6.45) is 0.0640. The number of halogens is 2. The predicted octanol–water partition coefficient (Wildman–Crippen LogP) is 4.47. The Morgan fingerprint density at radius 3 is 2.41 bits per heavy atom. The molecule has 0 atom stereocenters. The molecule has 0 aromatic heterocycles. The van der Waals surface area contributed by atoms with Crippen LogP contribution in [0, 0.1) is 0 Å². The van der Waals surface area contributed by atoms with E-state index in [-0.39, 0.29) is 22.4 Å². The standard InChI is InChI=1S/C16H15Cl2NO3/c1-2-21-14(20)9-10-3-8-13(16(18)15(10)17)22-12-6-4-11(19)5-7-12/h3-8H,2,9,19H2,1H3. The van der Waals surface area contributed by atoms with E-state index in [1.54, 1.807) is 43.3 Å². The molecule has 2 aromatic carbocycles. The molecule has 4 nitrogen and oxygen atoms in total. The van der Waals surface area contributed by atoms with Crippen molar-refractivity contribution in [3.63, 3.8) is 0 Å². The van der Waals surface area contributed by atoms with Crippen molar-refractivity contribution >= 4 is 34.9 Å². The Bertz CT molecular complexity index is 672. The number of esters is 1. The second-order valence-electron chi connectivity index (χ2n) is 4.50. The van der Waals surface area contributed by atoms with Crippen LogP contribution in [0.2, 0.25) is 10.0 Å². The Labute approximate surface area is 138 Å². The van der Waals surface area contributed by atoms with Gasteiger partial charge in [-0.15, -0.1) is 0 Å². The highest BCUT2D eigenvalue weighted by molar-refractivity contribution is 6.43. The minimum Gasteiger partial charge on any atom is -0.466 e. The van der Waals surface area contributed by atoms with Gasteiger partial charge in [0.2, 0.25) is 0 Å². The van der Waals surface area contributed by atoms with Crippen LogP contribution in [0.15, 0.2) is 36.4 Å². The van der Waals surface area contributed by atoms with Gasteiger partial charge >= 0.3 is 5.97 Å². The van der Waals surface area contributed by atoms with E-state index in [2.05, 4.69) is 0 Å². The molecular formula is C16H15Cl2NO3. The molecule has 0 aliphatic carbocycles. The summed E-state index contributed by atoms with van der Waals surface area (Å²) in [5.74, 6) is 0.641. The zero-order valence-corrected chi connectivity index (χ0v) is 13.4. The summed E-state index contributed by atoms with van der Waals surface area (Å²) in [6.45, 7) is 2.07. The average Bonchev–Trinajstić information content (AvgIpc) is 2.49. The van der Waals surface area contributed by atoms with Crippen molar-refractivity contribution in [2.45, 2.75) is 13.3 Å². The molecule has 0 saturated heterocycles. The summed E-state index contributed by atoms with van der Waals surface area (Å²) >= 11 is 12.4. The molecule has 22 heavy (non-hydrogen) atoms. The van der Waals surface area contributed by atoms with Gasteiger partial charge in [-0.3, -0.25) is 4.79 Å². The van der Waals surface area contributed by atoms with Gasteiger partial charge in [0.15, 0.2) is 0 Å². The lowest BCUT2D eigenvalue weighted by atomic mass is 10.1. The highest BCUT2D eigenvalue weighted by Gasteiger charge is 2.15. The third-order valence-corrected chi connectivity index (χ3v) is 3.78. The van der Waals surface area contributed by atoms with Crippen molar-refractivity contribution in [1.82, 2.24) is 0 Å². The summed E-state index contributed by atoms with van der Waals surface area (Å²) in [7, 11) is 0. The van der Waals surface area contributed by atoms with Crippen LogP contribution in [0.1, 0.15) is 12.5 Å². The van der Waals surface area contributed by atoms with E-state index in [0.717, 1.165) is 0 Å². The van der Waals surface area contributed by atoms with Gasteiger partial charge in [-0.05, 0) is 42.8 Å². The number of carbonyl (C=O) groups is 1. The first-order valence-electron chi connectivity index (χ1n) is 6.67. The van der Waals surface area contributed by atoms with Crippen molar-refractivity contribution in [2.24, 2.45) is 0 Å². The van der Waals surface area contributed by atoms with Crippen LogP contribution in [-0.2, 0) is 16.0 Å². The number of nitrogens with two attached hydrogens (primary N) is 1. The van der Waals surface area contributed by atoms with Gasteiger partial charge in [0.05, 0.1) is 18.1 Å². The summed E-state index contributed by atoms with van der Waals surface area (Å²) < 4.78 is 10.6. The molecule has 0 saturated carbocycles. The Morgan fingerprint density at radius 1 is 1.09 bits per heavy atom. The minimum absolute atomic E-state index is 0.0640. The van der Waals surface area contributed by atoms with E-state index in [0.29, 0.717) is 29.4 Å². The van der Waals surface area contributed by atoms with Gasteiger partial charge in [0, 0.05) is 5.69 Å². The van der Waals surface area contributed by atoms with Crippen molar-refractivity contribution in [2.75, 3.05) is 12.3 Å². The zero-order chi connectivity index (χ0) is 16.1. The van der Waals surface area contributed by atoms with Crippen molar-refractivity contribution in [3.8, 4) is 11.5 Å². The zero-order valence-electron chi connectivity index (χ0n) is 11.9. The first-order chi connectivity index (χ1) is 10.5. The maximum atomic E-state index is 11.5. The van der Waals surface area contributed by atoms with Crippen LogP contribution in [0.25, 0.3) is 0 Å². The van der Waals surface area contributed by atoms with Crippen molar-refractivity contribution in [3.05, 3.63) is 52.0 Å². The Morgan fingerprint density at radius 2 is 1.77 bits per heavy atom. The molecule has 116 valence electrons. The van der Waals surface area contributed by atoms with E-state index in [9.17, 15) is 4.79 Å². The van der Waals surface area contributed by atoms with E-state index < -0.39 is 0 Å². The number of hydrogen-bond donors (Lipinski definition) is 1. The van der Waals surface area contributed by atoms with Crippen LogP contribution in [-0.4, -0.2) is 12.6 Å². The molecule has 0 fully saturated rings. The first-order valence-corrected chi connectivity index (χ1v) is 7.42. The van der Waals surface area contributed by atoms with Crippen molar-refractivity contribution in [1.29, 1.82) is 0 Å². The fourth-order valence-corrected chi connectivity index (χ4v) is 2.26. The highest BCUT2D eigenvalue weighted by Crippen LogP contribution is 2.37. The Hall–Kier alpha value is -1.91. The van der Waals surface area contributed by atoms with Gasteiger partial charge in [0.25, 0.3) is 0 Å². The molecule has 2 N–H and O–H groups in total. The lowest BCUT2D eigenvalue weighted by molar-refractivity contribution is -0.142. The van der Waals surface area contributed by atoms with E-state index in [1.165, 1.54) is 0 Å². The normalized spacial score (nSPS) is 10.3. The summed E-state index contributed by atoms with van der Waals surface area (Å²) in [5, 5.41) is 0.531. The topological polar surface area (TPSA) is 61.5 Å². The van der Waals surface area contributed by atoms with Crippen molar-refractivity contribution < 1.29 is 14.3 Å². The van der Waals surface area contributed by atoms with Crippen LogP contribution < -0.4 is 10.5 Å². The number of nitrogen functional groups attached to an aromatic ring is 1. The van der Waals surface area contributed by atoms with E-state index in [1.807, 2.05) is 0 Å². The largest absolute Gasteiger partial charge is 0.466 e. The molecule has 6 heteroatoms. The summed E-state index contributed by atoms with van der Waals surface area (Å²) in [5.41, 5.74) is 6.85. The SMILES string of the molecule is CCOC(=O)Cc1ccc(Oc2ccc(N)cc2)c(Cl)c1Cl. The van der Waals surface area contributed by atoms with Crippen LogP contribution in [0.3, 0.4) is 0 Å². The molecule has 0 spiro atoms. The fourth-order valence-electron chi connectivity index (χ4n) is 1.82. The monoisotopic (exact) mass is 339 g/mol. The summed E-state index contributed by atoms with van der Waals surface area (Å²) in [4.78, 5) is 11.5. The lowest BCUT2D eigenvalue weighted by Gasteiger charge is -2.11. The molecule has 2 rings (SSSR count). The number of carbonyl (C=O) groups excluding carboxylic acids is 1. The van der Waals surface area contributed by atoms with Gasteiger partial charge < -0.3 is 15.2 Å². The third-order valence-electron chi connectivity index (χ3n) is 2.87. The fraction of sp³-hybridized carbons (Fsp3) is 0.188. The number of anilines is 1. The molecule has 0 heterocycles. The maximum absolute atomic E-state index is 11.5. The number of rotatable bonds is 5.